The smallest absolute Gasteiger partial charge is 0.366 e. The molecule has 32 heavy (non-hydrogen) atoms. The average Bonchev–Trinajstić information content (AvgIpc) is 3.41. The minimum atomic E-state index is -4.44. The van der Waals surface area contributed by atoms with Crippen molar-refractivity contribution in [1.29, 1.82) is 0 Å². The van der Waals surface area contributed by atoms with E-state index in [4.69, 9.17) is 0 Å². The topological polar surface area (TPSA) is 71.8 Å². The molecule has 170 valence electrons. The molecule has 2 unspecified atom stereocenters. The fourth-order valence-electron chi connectivity index (χ4n) is 4.85. The van der Waals surface area contributed by atoms with Gasteiger partial charge < -0.3 is 10.2 Å². The van der Waals surface area contributed by atoms with Gasteiger partial charge in [0, 0.05) is 25.3 Å². The Kier molecular flexibility index (Phi) is 5.09. The second kappa shape index (κ2) is 7.82. The van der Waals surface area contributed by atoms with Crippen LogP contribution in [0.4, 0.5) is 33.6 Å². The molecular weight excluding hydrogens is 433 g/mol. The van der Waals surface area contributed by atoms with Crippen molar-refractivity contribution in [2.45, 2.75) is 38.0 Å². The third kappa shape index (κ3) is 3.93. The van der Waals surface area contributed by atoms with Gasteiger partial charge in [0.2, 0.25) is 0 Å². The molecule has 2 atom stereocenters. The number of rotatable bonds is 5. The largest absolute Gasteiger partial charge is 0.419 e. The summed E-state index contributed by atoms with van der Waals surface area (Å²) in [5.74, 6) is 0.926. The number of nitrogens with zero attached hydrogens (tertiary/aromatic N) is 6. The SMILES string of the molecule is FC(F)Cn1ncc2ncc(NC3CC4CN(c5ncccc5C(F)(F)F)CC4C3)nc21. The molecule has 2 fully saturated rings. The highest BCUT2D eigenvalue weighted by Crippen LogP contribution is 2.43. The van der Waals surface area contributed by atoms with Crippen molar-refractivity contribution in [2.75, 3.05) is 23.3 Å². The lowest BCUT2D eigenvalue weighted by molar-refractivity contribution is -0.137. The Morgan fingerprint density at radius 1 is 1.09 bits per heavy atom. The fourth-order valence-corrected chi connectivity index (χ4v) is 4.85. The molecule has 0 radical (unpaired) electrons. The summed E-state index contributed by atoms with van der Waals surface area (Å²) in [6.07, 6.45) is -1.13. The van der Waals surface area contributed by atoms with Crippen LogP contribution in [0.1, 0.15) is 18.4 Å². The van der Waals surface area contributed by atoms with Crippen LogP contribution < -0.4 is 10.2 Å². The van der Waals surface area contributed by atoms with Crippen molar-refractivity contribution < 1.29 is 22.0 Å². The van der Waals surface area contributed by atoms with E-state index in [1.807, 2.05) is 0 Å². The maximum Gasteiger partial charge on any atom is 0.419 e. The predicted molar refractivity (Wildman–Crippen MR) is 106 cm³/mol. The van der Waals surface area contributed by atoms with E-state index >= 15 is 0 Å². The number of pyridine rings is 1. The number of aromatic nitrogens is 5. The van der Waals surface area contributed by atoms with Crippen molar-refractivity contribution in [2.24, 2.45) is 11.8 Å². The maximum absolute atomic E-state index is 13.3. The van der Waals surface area contributed by atoms with Gasteiger partial charge in [-0.1, -0.05) is 0 Å². The standard InChI is InChI=1S/C20H20F5N7/c21-16(22)10-32-19-15(6-28-32)27-7-17(30-19)29-13-4-11-8-31(9-12(11)5-13)18-14(20(23,24)25)2-1-3-26-18/h1-3,6-7,11-13,16H,4-5,8-10H2,(H,29,30). The highest BCUT2D eigenvalue weighted by atomic mass is 19.4. The zero-order chi connectivity index (χ0) is 22.5. The van der Waals surface area contributed by atoms with Gasteiger partial charge in [0.1, 0.15) is 23.7 Å². The van der Waals surface area contributed by atoms with Gasteiger partial charge in [-0.25, -0.2) is 28.4 Å². The molecule has 3 aromatic rings. The Morgan fingerprint density at radius 3 is 2.53 bits per heavy atom. The van der Waals surface area contributed by atoms with Crippen molar-refractivity contribution >= 4 is 22.8 Å². The van der Waals surface area contributed by atoms with Gasteiger partial charge in [-0.3, -0.25) is 0 Å². The van der Waals surface area contributed by atoms with Gasteiger partial charge in [0.05, 0.1) is 18.0 Å². The highest BCUT2D eigenvalue weighted by Gasteiger charge is 2.44. The van der Waals surface area contributed by atoms with Crippen molar-refractivity contribution in [3.63, 3.8) is 0 Å². The first kappa shape index (κ1) is 20.8. The zero-order valence-electron chi connectivity index (χ0n) is 16.8. The molecule has 1 aliphatic carbocycles. The lowest BCUT2D eigenvalue weighted by Crippen LogP contribution is -2.28. The first-order chi connectivity index (χ1) is 15.3. The summed E-state index contributed by atoms with van der Waals surface area (Å²) in [5.41, 5.74) is 0.0131. The zero-order valence-corrected chi connectivity index (χ0v) is 16.8. The predicted octanol–water partition coefficient (Wildman–Crippen LogP) is 3.83. The molecule has 12 heteroatoms. The van der Waals surface area contributed by atoms with Gasteiger partial charge in [0.25, 0.3) is 6.43 Å². The number of hydrogen-bond acceptors (Lipinski definition) is 6. The molecule has 0 aromatic carbocycles. The van der Waals surface area contributed by atoms with Crippen LogP contribution in [0.15, 0.2) is 30.7 Å². The number of hydrogen-bond donors (Lipinski definition) is 1. The van der Waals surface area contributed by atoms with Crippen LogP contribution in [-0.2, 0) is 12.7 Å². The van der Waals surface area contributed by atoms with Crippen LogP contribution in [0.5, 0.6) is 0 Å². The molecular formula is C20H20F5N7. The van der Waals surface area contributed by atoms with Gasteiger partial charge in [-0.2, -0.15) is 18.3 Å². The summed E-state index contributed by atoms with van der Waals surface area (Å²) in [6.45, 7) is 0.460. The monoisotopic (exact) mass is 453 g/mol. The molecule has 7 nitrogen and oxygen atoms in total. The molecule has 2 aliphatic rings. The molecule has 5 rings (SSSR count). The molecule has 3 aromatic heterocycles. The summed E-state index contributed by atoms with van der Waals surface area (Å²) >= 11 is 0. The van der Waals surface area contributed by atoms with E-state index in [0.29, 0.717) is 24.4 Å². The summed E-state index contributed by atoms with van der Waals surface area (Å²) in [5, 5.41) is 7.21. The highest BCUT2D eigenvalue weighted by molar-refractivity contribution is 5.71. The van der Waals surface area contributed by atoms with Crippen molar-refractivity contribution in [1.82, 2.24) is 24.7 Å². The van der Waals surface area contributed by atoms with Crippen molar-refractivity contribution in [3.8, 4) is 0 Å². The number of anilines is 2. The van der Waals surface area contributed by atoms with Crippen LogP contribution in [0, 0.1) is 11.8 Å². The summed E-state index contributed by atoms with van der Waals surface area (Å²) in [7, 11) is 0. The second-order valence-corrected chi connectivity index (χ2v) is 8.29. The van der Waals surface area contributed by atoms with Gasteiger partial charge >= 0.3 is 6.18 Å². The Labute approximate surface area is 179 Å². The van der Waals surface area contributed by atoms with Crippen LogP contribution in [0.25, 0.3) is 11.2 Å². The first-order valence-electron chi connectivity index (χ1n) is 10.3. The van der Waals surface area contributed by atoms with Crippen molar-refractivity contribution in [3.05, 3.63) is 36.3 Å². The second-order valence-electron chi connectivity index (χ2n) is 8.29. The average molecular weight is 453 g/mol. The van der Waals surface area contributed by atoms with E-state index in [0.717, 1.165) is 23.6 Å². The normalized spacial score (nSPS) is 23.3. The van der Waals surface area contributed by atoms with E-state index in [-0.39, 0.29) is 29.3 Å². The number of alkyl halides is 5. The molecule has 0 spiro atoms. The third-order valence-corrected chi connectivity index (χ3v) is 6.15. The Balaban J connectivity index is 1.26. The lowest BCUT2D eigenvalue weighted by atomic mass is 10.0. The molecule has 1 saturated heterocycles. The van der Waals surface area contributed by atoms with Crippen LogP contribution in [0.2, 0.25) is 0 Å². The van der Waals surface area contributed by atoms with E-state index in [1.54, 1.807) is 11.1 Å². The number of halogens is 5. The maximum atomic E-state index is 13.3. The summed E-state index contributed by atoms with van der Waals surface area (Å²) in [6, 6.07) is 2.44. The Bertz CT molecular complexity index is 1100. The summed E-state index contributed by atoms with van der Waals surface area (Å²) < 4.78 is 66.6. The quantitative estimate of drug-likeness (QED) is 0.592. The van der Waals surface area contributed by atoms with Gasteiger partial charge in [0.15, 0.2) is 5.65 Å². The lowest BCUT2D eigenvalue weighted by Gasteiger charge is -2.23. The van der Waals surface area contributed by atoms with E-state index in [9.17, 15) is 22.0 Å². The Hall–Kier alpha value is -3.05. The number of fused-ring (bicyclic) bond motifs is 2. The third-order valence-electron chi connectivity index (χ3n) is 6.15. The molecule has 1 N–H and O–H groups in total. The van der Waals surface area contributed by atoms with E-state index in [2.05, 4.69) is 25.4 Å². The number of nitrogens with one attached hydrogen (secondary N) is 1. The van der Waals surface area contributed by atoms with Crippen LogP contribution in [0.3, 0.4) is 0 Å². The van der Waals surface area contributed by atoms with E-state index in [1.165, 1.54) is 18.5 Å². The molecule has 4 heterocycles. The molecule has 0 amide bonds. The molecule has 1 saturated carbocycles. The first-order valence-corrected chi connectivity index (χ1v) is 10.3. The van der Waals surface area contributed by atoms with Crippen LogP contribution in [-0.4, -0.2) is 50.3 Å². The Morgan fingerprint density at radius 2 is 1.84 bits per heavy atom. The van der Waals surface area contributed by atoms with Crippen LogP contribution >= 0.6 is 0 Å². The minimum absolute atomic E-state index is 0.0116. The van der Waals surface area contributed by atoms with Gasteiger partial charge in [-0.05, 0) is 36.8 Å². The van der Waals surface area contributed by atoms with Gasteiger partial charge in [-0.15, -0.1) is 0 Å². The molecule has 0 bridgehead atoms. The fraction of sp³-hybridized carbons (Fsp3) is 0.500. The summed E-state index contributed by atoms with van der Waals surface area (Å²) in [4.78, 5) is 14.4. The molecule has 1 aliphatic heterocycles. The van der Waals surface area contributed by atoms with E-state index < -0.39 is 24.7 Å². The minimum Gasteiger partial charge on any atom is -0.366 e.